The molecule has 2 unspecified atom stereocenters. The van der Waals surface area contributed by atoms with Gasteiger partial charge in [-0.05, 0) is 39.0 Å². The highest BCUT2D eigenvalue weighted by atomic mass is 19.1. The quantitative estimate of drug-likeness (QED) is 0.821. The predicted octanol–water partition coefficient (Wildman–Crippen LogP) is 1.11. The first-order chi connectivity index (χ1) is 11.3. The number of carbonyl (C=O) groups is 2. The van der Waals surface area contributed by atoms with E-state index in [2.05, 4.69) is 5.32 Å². The molecule has 3 rings (SSSR count). The van der Waals surface area contributed by atoms with Gasteiger partial charge in [0.2, 0.25) is 5.91 Å². The van der Waals surface area contributed by atoms with E-state index in [-0.39, 0.29) is 18.5 Å². The van der Waals surface area contributed by atoms with Gasteiger partial charge in [-0.3, -0.25) is 19.4 Å². The Morgan fingerprint density at radius 3 is 2.75 bits per heavy atom. The van der Waals surface area contributed by atoms with Crippen LogP contribution >= 0.6 is 0 Å². The zero-order chi connectivity index (χ0) is 17.5. The molecule has 0 radical (unpaired) electrons. The van der Waals surface area contributed by atoms with Crippen LogP contribution in [-0.4, -0.2) is 54.2 Å². The van der Waals surface area contributed by atoms with Gasteiger partial charge in [-0.2, -0.15) is 0 Å². The van der Waals surface area contributed by atoms with Gasteiger partial charge in [-0.25, -0.2) is 4.39 Å². The number of hydrogen-bond donors (Lipinski definition) is 1. The molecule has 6 nitrogen and oxygen atoms in total. The zero-order valence-corrected chi connectivity index (χ0v) is 14.1. The van der Waals surface area contributed by atoms with E-state index in [1.165, 1.54) is 17.0 Å². The van der Waals surface area contributed by atoms with Gasteiger partial charge in [-0.1, -0.05) is 6.07 Å². The second kappa shape index (κ2) is 6.14. The van der Waals surface area contributed by atoms with Crippen LogP contribution in [0, 0.1) is 5.82 Å². The van der Waals surface area contributed by atoms with Crippen molar-refractivity contribution < 1.29 is 18.7 Å². The van der Waals surface area contributed by atoms with E-state index < -0.39 is 23.5 Å². The third kappa shape index (κ3) is 3.27. The Labute approximate surface area is 140 Å². The lowest BCUT2D eigenvalue weighted by Crippen LogP contribution is -2.60. The second-order valence-corrected chi connectivity index (χ2v) is 7.13. The first-order valence-electron chi connectivity index (χ1n) is 8.02. The standard InChI is InChI=1S/C17H22FN3O3/c1-17(2,3)24-16(23)14-9-19-8-13-15(22)20(10-21(13)14)12-6-4-5-11(18)7-12/h4-7,13-14,19H,8-10H2,1-3H3. The van der Waals surface area contributed by atoms with E-state index in [1.54, 1.807) is 12.1 Å². The Morgan fingerprint density at radius 1 is 1.33 bits per heavy atom. The Hall–Kier alpha value is -1.99. The van der Waals surface area contributed by atoms with Gasteiger partial charge in [0.15, 0.2) is 0 Å². The third-order valence-corrected chi connectivity index (χ3v) is 4.13. The Kier molecular flexibility index (Phi) is 4.31. The topological polar surface area (TPSA) is 61.9 Å². The highest BCUT2D eigenvalue weighted by Crippen LogP contribution is 2.27. The van der Waals surface area contributed by atoms with Gasteiger partial charge in [-0.15, -0.1) is 0 Å². The number of halogens is 1. The third-order valence-electron chi connectivity index (χ3n) is 4.13. The number of hydrogen-bond acceptors (Lipinski definition) is 5. The maximum absolute atomic E-state index is 13.5. The zero-order valence-electron chi connectivity index (χ0n) is 14.1. The molecular weight excluding hydrogens is 313 g/mol. The van der Waals surface area contributed by atoms with Gasteiger partial charge < -0.3 is 10.1 Å². The van der Waals surface area contributed by atoms with Crippen molar-refractivity contribution in [2.24, 2.45) is 0 Å². The molecule has 0 aliphatic carbocycles. The maximum Gasteiger partial charge on any atom is 0.325 e. The molecule has 0 saturated carbocycles. The molecule has 2 heterocycles. The lowest BCUT2D eigenvalue weighted by Gasteiger charge is -2.35. The molecule has 1 aromatic carbocycles. The number of nitrogens with zero attached hydrogens (tertiary/aromatic N) is 2. The van der Waals surface area contributed by atoms with Crippen LogP contribution in [0.5, 0.6) is 0 Å². The summed E-state index contributed by atoms with van der Waals surface area (Å²) in [6.07, 6.45) is 0. The fourth-order valence-electron chi connectivity index (χ4n) is 3.09. The molecule has 1 amide bonds. The van der Waals surface area contributed by atoms with E-state index in [1.807, 2.05) is 25.7 Å². The Morgan fingerprint density at radius 2 is 2.08 bits per heavy atom. The van der Waals surface area contributed by atoms with Gasteiger partial charge in [0.25, 0.3) is 0 Å². The van der Waals surface area contributed by atoms with Crippen LogP contribution in [-0.2, 0) is 14.3 Å². The Balaban J connectivity index is 1.82. The van der Waals surface area contributed by atoms with Crippen molar-refractivity contribution in [3.63, 3.8) is 0 Å². The van der Waals surface area contributed by atoms with E-state index in [0.29, 0.717) is 18.8 Å². The average molecular weight is 335 g/mol. The van der Waals surface area contributed by atoms with Crippen LogP contribution < -0.4 is 10.2 Å². The van der Waals surface area contributed by atoms with Crippen molar-refractivity contribution in [2.75, 3.05) is 24.7 Å². The predicted molar refractivity (Wildman–Crippen MR) is 86.9 cm³/mol. The number of esters is 1. The number of carbonyl (C=O) groups excluding carboxylic acids is 2. The normalized spacial score (nSPS) is 24.8. The summed E-state index contributed by atoms with van der Waals surface area (Å²) in [5.74, 6) is -0.887. The van der Waals surface area contributed by atoms with Crippen LogP contribution in [0.3, 0.4) is 0 Å². The summed E-state index contributed by atoms with van der Waals surface area (Å²) in [6.45, 7) is 6.57. The summed E-state index contributed by atoms with van der Waals surface area (Å²) >= 11 is 0. The monoisotopic (exact) mass is 335 g/mol. The SMILES string of the molecule is CC(C)(C)OC(=O)C1CNCC2C(=O)N(c3cccc(F)c3)CN12. The van der Waals surface area contributed by atoms with E-state index >= 15 is 0 Å². The minimum Gasteiger partial charge on any atom is -0.459 e. The summed E-state index contributed by atoms with van der Waals surface area (Å²) in [6, 6.07) is 4.94. The van der Waals surface area contributed by atoms with Crippen molar-refractivity contribution in [3.8, 4) is 0 Å². The molecule has 2 atom stereocenters. The summed E-state index contributed by atoms with van der Waals surface area (Å²) in [4.78, 5) is 28.5. The highest BCUT2D eigenvalue weighted by molar-refractivity contribution is 6.00. The smallest absolute Gasteiger partial charge is 0.325 e. The molecule has 7 heteroatoms. The lowest BCUT2D eigenvalue weighted by molar-refractivity contribution is -0.162. The van der Waals surface area contributed by atoms with Crippen LogP contribution in [0.1, 0.15) is 20.8 Å². The summed E-state index contributed by atoms with van der Waals surface area (Å²) in [7, 11) is 0. The van der Waals surface area contributed by atoms with E-state index in [4.69, 9.17) is 4.74 Å². The van der Waals surface area contributed by atoms with Crippen LogP contribution in [0.25, 0.3) is 0 Å². The van der Waals surface area contributed by atoms with E-state index in [0.717, 1.165) is 0 Å². The minimum atomic E-state index is -0.587. The molecule has 2 aliphatic rings. The molecule has 0 spiro atoms. The molecule has 24 heavy (non-hydrogen) atoms. The van der Waals surface area contributed by atoms with Crippen LogP contribution in [0.2, 0.25) is 0 Å². The van der Waals surface area contributed by atoms with Gasteiger partial charge in [0.05, 0.1) is 6.67 Å². The fourth-order valence-corrected chi connectivity index (χ4v) is 3.09. The van der Waals surface area contributed by atoms with Gasteiger partial charge >= 0.3 is 5.97 Å². The number of benzene rings is 1. The lowest BCUT2D eigenvalue weighted by atomic mass is 10.1. The number of rotatable bonds is 2. The van der Waals surface area contributed by atoms with Crippen molar-refractivity contribution in [1.82, 2.24) is 10.2 Å². The number of piperazine rings is 1. The average Bonchev–Trinajstić information content (AvgIpc) is 2.83. The molecule has 130 valence electrons. The van der Waals surface area contributed by atoms with E-state index in [9.17, 15) is 14.0 Å². The maximum atomic E-state index is 13.5. The molecule has 2 saturated heterocycles. The van der Waals surface area contributed by atoms with Gasteiger partial charge in [0, 0.05) is 18.8 Å². The number of anilines is 1. The first kappa shape index (κ1) is 16.9. The number of ether oxygens (including phenoxy) is 1. The number of fused-ring (bicyclic) bond motifs is 1. The van der Waals surface area contributed by atoms with Crippen molar-refractivity contribution in [3.05, 3.63) is 30.1 Å². The summed E-state index contributed by atoms with van der Waals surface area (Å²) < 4.78 is 18.9. The molecule has 2 fully saturated rings. The molecule has 1 N–H and O–H groups in total. The second-order valence-electron chi connectivity index (χ2n) is 7.13. The van der Waals surface area contributed by atoms with Crippen molar-refractivity contribution >= 4 is 17.6 Å². The van der Waals surface area contributed by atoms with Crippen molar-refractivity contribution in [1.29, 1.82) is 0 Å². The Bertz CT molecular complexity index is 659. The number of nitrogens with one attached hydrogen (secondary N) is 1. The fraction of sp³-hybridized carbons (Fsp3) is 0.529. The molecule has 0 aromatic heterocycles. The number of amides is 1. The molecule has 2 aliphatic heterocycles. The molecular formula is C17H22FN3O3. The van der Waals surface area contributed by atoms with Gasteiger partial charge in [0.1, 0.15) is 23.5 Å². The largest absolute Gasteiger partial charge is 0.459 e. The molecule has 1 aromatic rings. The van der Waals surface area contributed by atoms with Crippen LogP contribution in [0.4, 0.5) is 10.1 Å². The van der Waals surface area contributed by atoms with Crippen LogP contribution in [0.15, 0.2) is 24.3 Å². The minimum absolute atomic E-state index is 0.138. The van der Waals surface area contributed by atoms with Crippen molar-refractivity contribution in [2.45, 2.75) is 38.5 Å². The first-order valence-corrected chi connectivity index (χ1v) is 8.02. The highest BCUT2D eigenvalue weighted by Gasteiger charge is 2.47. The summed E-state index contributed by atoms with van der Waals surface area (Å²) in [5, 5.41) is 3.12. The molecule has 0 bridgehead atoms. The summed E-state index contributed by atoms with van der Waals surface area (Å²) in [5.41, 5.74) is -0.0898.